The Balaban J connectivity index is 1.82. The molecule has 122 valence electrons. The molecule has 0 aliphatic carbocycles. The maximum absolute atomic E-state index is 10.8. The van der Waals surface area contributed by atoms with E-state index in [-0.39, 0.29) is 11.4 Å². The van der Waals surface area contributed by atoms with Crippen molar-refractivity contribution < 1.29 is 4.92 Å². The van der Waals surface area contributed by atoms with Crippen molar-refractivity contribution in [2.45, 2.75) is 0 Å². The molecule has 7 nitrogen and oxygen atoms in total. The average Bonchev–Trinajstić information content (AvgIpc) is 3.13. The first kappa shape index (κ1) is 16.3. The molecule has 0 bridgehead atoms. The normalized spacial score (nSPS) is 10.9. The number of benzene rings is 2. The van der Waals surface area contributed by atoms with Gasteiger partial charge in [0.15, 0.2) is 10.7 Å². The van der Waals surface area contributed by atoms with E-state index in [2.05, 4.69) is 15.5 Å². The summed E-state index contributed by atoms with van der Waals surface area (Å²) in [4.78, 5) is 14.7. The Hall–Kier alpha value is -3.57. The number of rotatable bonds is 5. The first-order valence-electron chi connectivity index (χ1n) is 7.17. The summed E-state index contributed by atoms with van der Waals surface area (Å²) in [7, 11) is 0. The van der Waals surface area contributed by atoms with Gasteiger partial charge in [0, 0.05) is 23.1 Å². The smallest absolute Gasteiger partial charge is 0.271 e. The van der Waals surface area contributed by atoms with Crippen LogP contribution >= 0.6 is 11.3 Å². The number of nitro benzene ring substituents is 1. The van der Waals surface area contributed by atoms with Crippen molar-refractivity contribution >= 4 is 28.4 Å². The second-order valence-electron chi connectivity index (χ2n) is 4.90. The van der Waals surface area contributed by atoms with Crippen molar-refractivity contribution in [1.29, 1.82) is 5.26 Å². The van der Waals surface area contributed by atoms with Gasteiger partial charge >= 0.3 is 0 Å². The fourth-order valence-corrected chi connectivity index (χ4v) is 2.82. The molecule has 1 N–H and O–H groups in total. The predicted octanol–water partition coefficient (Wildman–Crippen LogP) is 4.06. The number of hydrazone groups is 1. The second kappa shape index (κ2) is 7.33. The van der Waals surface area contributed by atoms with E-state index in [1.54, 1.807) is 12.1 Å². The molecular weight excluding hydrogens is 338 g/mol. The minimum atomic E-state index is -0.493. The third-order valence-corrected chi connectivity index (χ3v) is 4.09. The van der Waals surface area contributed by atoms with Crippen LogP contribution in [0.5, 0.6) is 0 Å². The van der Waals surface area contributed by atoms with Gasteiger partial charge < -0.3 is 0 Å². The van der Waals surface area contributed by atoms with Crippen LogP contribution in [0.3, 0.4) is 0 Å². The summed E-state index contributed by atoms with van der Waals surface area (Å²) >= 11 is 1.31. The average molecular weight is 349 g/mol. The first-order chi connectivity index (χ1) is 12.2. The van der Waals surface area contributed by atoms with Crippen LogP contribution in [0.1, 0.15) is 5.01 Å². The van der Waals surface area contributed by atoms with Gasteiger partial charge in [0.2, 0.25) is 0 Å². The Kier molecular flexibility index (Phi) is 4.78. The second-order valence-corrected chi connectivity index (χ2v) is 5.75. The number of nitro groups is 1. The molecule has 1 aromatic heterocycles. The Bertz CT molecular complexity index is 976. The number of aromatic nitrogens is 1. The maximum Gasteiger partial charge on any atom is 0.271 e. The zero-order valence-corrected chi connectivity index (χ0v) is 13.6. The molecule has 0 saturated carbocycles. The van der Waals surface area contributed by atoms with Gasteiger partial charge in [-0.05, 0) is 6.07 Å². The summed E-state index contributed by atoms with van der Waals surface area (Å²) in [5.74, 6) is 0. The number of hydrogen-bond donors (Lipinski definition) is 1. The van der Waals surface area contributed by atoms with Gasteiger partial charge in [0.1, 0.15) is 6.07 Å². The van der Waals surface area contributed by atoms with Crippen LogP contribution in [0.4, 0.5) is 11.4 Å². The molecule has 3 aromatic rings. The van der Waals surface area contributed by atoms with Gasteiger partial charge in [-0.25, -0.2) is 4.98 Å². The van der Waals surface area contributed by atoms with E-state index in [9.17, 15) is 15.4 Å². The summed E-state index contributed by atoms with van der Waals surface area (Å²) < 4.78 is 0. The molecule has 0 aliphatic rings. The van der Waals surface area contributed by atoms with E-state index in [0.717, 1.165) is 11.3 Å². The third-order valence-electron chi connectivity index (χ3n) is 3.24. The fraction of sp³-hybridized carbons (Fsp3) is 0. The molecule has 0 radical (unpaired) electrons. The number of thiazole rings is 1. The lowest BCUT2D eigenvalue weighted by molar-refractivity contribution is -0.384. The zero-order chi connectivity index (χ0) is 17.6. The summed E-state index contributed by atoms with van der Waals surface area (Å²) in [5, 5.41) is 26.5. The molecule has 0 unspecified atom stereocenters. The van der Waals surface area contributed by atoms with Crippen molar-refractivity contribution in [2.24, 2.45) is 5.10 Å². The van der Waals surface area contributed by atoms with Crippen LogP contribution in [-0.2, 0) is 0 Å². The van der Waals surface area contributed by atoms with Gasteiger partial charge in [0.05, 0.1) is 16.3 Å². The van der Waals surface area contributed by atoms with E-state index in [1.165, 1.54) is 23.5 Å². The molecule has 0 fully saturated rings. The van der Waals surface area contributed by atoms with E-state index in [4.69, 9.17) is 0 Å². The summed E-state index contributed by atoms with van der Waals surface area (Å²) in [6.07, 6.45) is 0. The predicted molar refractivity (Wildman–Crippen MR) is 96.4 cm³/mol. The van der Waals surface area contributed by atoms with Crippen molar-refractivity contribution in [1.82, 2.24) is 4.98 Å². The molecule has 25 heavy (non-hydrogen) atoms. The highest BCUT2D eigenvalue weighted by Crippen LogP contribution is 2.22. The van der Waals surface area contributed by atoms with E-state index < -0.39 is 4.92 Å². The maximum atomic E-state index is 10.8. The van der Waals surface area contributed by atoms with Crippen LogP contribution in [0.15, 0.2) is 65.1 Å². The largest absolute Gasteiger partial charge is 0.277 e. The van der Waals surface area contributed by atoms with Gasteiger partial charge in [-0.1, -0.05) is 36.4 Å². The van der Waals surface area contributed by atoms with Crippen LogP contribution in [0, 0.1) is 21.4 Å². The van der Waals surface area contributed by atoms with E-state index in [1.807, 2.05) is 41.8 Å². The molecule has 2 aromatic carbocycles. The Labute approximate surface area is 147 Å². The summed E-state index contributed by atoms with van der Waals surface area (Å²) in [6, 6.07) is 17.5. The van der Waals surface area contributed by atoms with Crippen LogP contribution in [0.2, 0.25) is 0 Å². The first-order valence-corrected chi connectivity index (χ1v) is 8.05. The number of non-ortho nitro benzene ring substituents is 1. The molecule has 0 saturated heterocycles. The van der Waals surface area contributed by atoms with Crippen molar-refractivity contribution in [2.75, 3.05) is 5.43 Å². The lowest BCUT2D eigenvalue weighted by Gasteiger charge is -2.00. The fourth-order valence-electron chi connectivity index (χ4n) is 2.05. The number of nitrogens with one attached hydrogen (secondary N) is 1. The van der Waals surface area contributed by atoms with Crippen LogP contribution < -0.4 is 5.43 Å². The minimum absolute atomic E-state index is 0.0562. The number of nitrogens with zero attached hydrogens (tertiary/aromatic N) is 4. The van der Waals surface area contributed by atoms with Gasteiger partial charge in [-0.15, -0.1) is 11.3 Å². The standard InChI is InChI=1S/C17H11N5O2S/c18-10-15(21-20-13-7-4-8-14(9-13)22(23)24)17-19-16(11-25-17)12-5-2-1-3-6-12/h1-9,11,20H. The summed E-state index contributed by atoms with van der Waals surface area (Å²) in [5.41, 5.74) is 4.85. The molecule has 0 aliphatic heterocycles. The molecule has 1 heterocycles. The monoisotopic (exact) mass is 349 g/mol. The molecule has 0 spiro atoms. The Morgan fingerprint density at radius 2 is 2.04 bits per heavy atom. The lowest BCUT2D eigenvalue weighted by atomic mass is 10.2. The van der Waals surface area contributed by atoms with Crippen molar-refractivity contribution in [3.8, 4) is 17.3 Å². The van der Waals surface area contributed by atoms with E-state index in [0.29, 0.717) is 10.7 Å². The Morgan fingerprint density at radius 1 is 1.24 bits per heavy atom. The number of anilines is 1. The zero-order valence-electron chi connectivity index (χ0n) is 12.8. The highest BCUT2D eigenvalue weighted by molar-refractivity contribution is 7.12. The SMILES string of the molecule is N#CC(=NNc1cccc([N+](=O)[O-])c1)c1nc(-c2ccccc2)cs1. The highest BCUT2D eigenvalue weighted by Gasteiger charge is 2.11. The third kappa shape index (κ3) is 3.85. The van der Waals surface area contributed by atoms with Crippen molar-refractivity contribution in [3.63, 3.8) is 0 Å². The minimum Gasteiger partial charge on any atom is -0.277 e. The summed E-state index contributed by atoms with van der Waals surface area (Å²) in [6.45, 7) is 0. The quantitative estimate of drug-likeness (QED) is 0.425. The molecule has 0 amide bonds. The Morgan fingerprint density at radius 3 is 2.76 bits per heavy atom. The highest BCUT2D eigenvalue weighted by atomic mass is 32.1. The molecule has 3 rings (SSSR count). The van der Waals surface area contributed by atoms with E-state index >= 15 is 0 Å². The number of hydrogen-bond acceptors (Lipinski definition) is 7. The van der Waals surface area contributed by atoms with Gasteiger partial charge in [-0.3, -0.25) is 15.5 Å². The van der Waals surface area contributed by atoms with Crippen LogP contribution in [0.25, 0.3) is 11.3 Å². The number of nitriles is 1. The van der Waals surface area contributed by atoms with Gasteiger partial charge in [0.25, 0.3) is 5.69 Å². The lowest BCUT2D eigenvalue weighted by Crippen LogP contribution is -2.01. The molecular formula is C17H11N5O2S. The van der Waals surface area contributed by atoms with Crippen molar-refractivity contribution in [3.05, 3.63) is 75.1 Å². The molecule has 8 heteroatoms. The van der Waals surface area contributed by atoms with Crippen LogP contribution in [-0.4, -0.2) is 15.6 Å². The topological polar surface area (TPSA) is 104 Å². The van der Waals surface area contributed by atoms with Gasteiger partial charge in [-0.2, -0.15) is 10.4 Å². The molecule has 0 atom stereocenters.